The van der Waals surface area contributed by atoms with E-state index in [1.54, 1.807) is 0 Å². The molecule has 0 aliphatic carbocycles. The minimum absolute atomic E-state index is 0.434. The van der Waals surface area contributed by atoms with Gasteiger partial charge in [0.15, 0.2) is 0 Å². The lowest BCUT2D eigenvalue weighted by Crippen LogP contribution is -2.34. The van der Waals surface area contributed by atoms with E-state index in [1.807, 2.05) is 0 Å². The second-order valence-corrected chi connectivity index (χ2v) is 8.95. The van der Waals surface area contributed by atoms with Crippen molar-refractivity contribution in [1.82, 2.24) is 9.80 Å². The standard InChI is InChI=1S/C20H38N2S/c1-16(2)17(3)7-11-21-12-8-19(9-13-21)5-6-20-10-14-22(15-20)18(4)23/h16,18-20,23H,3,5-15H2,1-2,4H3. The van der Waals surface area contributed by atoms with Crippen LogP contribution in [0.15, 0.2) is 12.2 Å². The van der Waals surface area contributed by atoms with E-state index < -0.39 is 0 Å². The molecule has 0 spiro atoms. The molecule has 2 fully saturated rings. The Bertz CT molecular complexity index is 359. The second-order valence-electron chi connectivity index (χ2n) is 8.21. The molecule has 0 bridgehead atoms. The molecule has 0 aromatic carbocycles. The Kier molecular flexibility index (Phi) is 7.97. The number of hydrogen-bond acceptors (Lipinski definition) is 3. The maximum Gasteiger partial charge on any atom is 0.0499 e. The third-order valence-electron chi connectivity index (χ3n) is 6.10. The van der Waals surface area contributed by atoms with Crippen molar-refractivity contribution in [3.63, 3.8) is 0 Å². The normalized spacial score (nSPS) is 26.0. The molecular formula is C20H38N2S. The summed E-state index contributed by atoms with van der Waals surface area (Å²) in [5, 5.41) is 0.434. The summed E-state index contributed by atoms with van der Waals surface area (Å²) in [6.45, 7) is 17.3. The first-order valence-electron chi connectivity index (χ1n) is 9.77. The van der Waals surface area contributed by atoms with Crippen LogP contribution in [-0.2, 0) is 0 Å². The fourth-order valence-electron chi connectivity index (χ4n) is 4.00. The molecule has 2 rings (SSSR count). The SMILES string of the molecule is C=C(CCN1CCC(CCC2CCN(C(C)S)C2)CC1)C(C)C. The number of hydrogen-bond donors (Lipinski definition) is 1. The van der Waals surface area contributed by atoms with Gasteiger partial charge in [0.25, 0.3) is 0 Å². The van der Waals surface area contributed by atoms with Gasteiger partial charge in [0, 0.05) is 18.5 Å². The molecule has 134 valence electrons. The minimum atomic E-state index is 0.434. The predicted molar refractivity (Wildman–Crippen MR) is 105 cm³/mol. The number of nitrogens with zero attached hydrogens (tertiary/aromatic N) is 2. The molecule has 2 unspecified atom stereocenters. The molecule has 2 nitrogen and oxygen atoms in total. The van der Waals surface area contributed by atoms with E-state index in [-0.39, 0.29) is 0 Å². The number of thiol groups is 1. The first-order chi connectivity index (χ1) is 11.0. The van der Waals surface area contributed by atoms with Crippen molar-refractivity contribution in [2.75, 3.05) is 32.7 Å². The van der Waals surface area contributed by atoms with Gasteiger partial charge in [-0.05, 0) is 76.4 Å². The van der Waals surface area contributed by atoms with E-state index in [4.69, 9.17) is 0 Å². The van der Waals surface area contributed by atoms with E-state index in [0.717, 1.165) is 11.8 Å². The Morgan fingerprint density at radius 2 is 1.65 bits per heavy atom. The lowest BCUT2D eigenvalue weighted by molar-refractivity contribution is 0.174. The van der Waals surface area contributed by atoms with Crippen molar-refractivity contribution in [3.05, 3.63) is 12.2 Å². The van der Waals surface area contributed by atoms with E-state index in [0.29, 0.717) is 11.3 Å². The van der Waals surface area contributed by atoms with Gasteiger partial charge in [0.05, 0.1) is 0 Å². The largest absolute Gasteiger partial charge is 0.303 e. The van der Waals surface area contributed by atoms with Crippen molar-refractivity contribution < 1.29 is 0 Å². The average Bonchev–Trinajstić information content (AvgIpc) is 3.00. The summed E-state index contributed by atoms with van der Waals surface area (Å²) in [7, 11) is 0. The molecule has 0 saturated carbocycles. The van der Waals surface area contributed by atoms with Crippen LogP contribution in [0.3, 0.4) is 0 Å². The Labute approximate surface area is 150 Å². The summed E-state index contributed by atoms with van der Waals surface area (Å²) in [5.41, 5.74) is 1.41. The van der Waals surface area contributed by atoms with Crippen LogP contribution in [0.25, 0.3) is 0 Å². The summed E-state index contributed by atoms with van der Waals surface area (Å²) < 4.78 is 0. The van der Waals surface area contributed by atoms with Crippen LogP contribution >= 0.6 is 12.6 Å². The van der Waals surface area contributed by atoms with Crippen LogP contribution in [0.2, 0.25) is 0 Å². The molecule has 2 atom stereocenters. The van der Waals surface area contributed by atoms with E-state index in [1.165, 1.54) is 76.8 Å². The highest BCUT2D eigenvalue weighted by Gasteiger charge is 2.26. The maximum atomic E-state index is 4.57. The number of piperidine rings is 1. The highest BCUT2D eigenvalue weighted by atomic mass is 32.1. The van der Waals surface area contributed by atoms with Gasteiger partial charge in [-0.2, -0.15) is 12.6 Å². The summed E-state index contributed by atoms with van der Waals surface area (Å²) in [6.07, 6.45) is 8.28. The first kappa shape index (κ1) is 19.3. The molecule has 0 N–H and O–H groups in total. The predicted octanol–water partition coefficient (Wildman–Crippen LogP) is 4.68. The Morgan fingerprint density at radius 3 is 2.22 bits per heavy atom. The third-order valence-corrected chi connectivity index (χ3v) is 6.43. The van der Waals surface area contributed by atoms with Crippen LogP contribution in [-0.4, -0.2) is 47.9 Å². The molecule has 0 aromatic rings. The monoisotopic (exact) mass is 338 g/mol. The van der Waals surface area contributed by atoms with Gasteiger partial charge in [-0.15, -0.1) is 0 Å². The molecule has 2 heterocycles. The van der Waals surface area contributed by atoms with Crippen molar-refractivity contribution in [2.45, 2.75) is 64.7 Å². The van der Waals surface area contributed by atoms with Gasteiger partial charge in [0.1, 0.15) is 0 Å². The Morgan fingerprint density at radius 1 is 1.04 bits per heavy atom. The van der Waals surface area contributed by atoms with Crippen LogP contribution in [0, 0.1) is 17.8 Å². The zero-order valence-corrected chi connectivity index (χ0v) is 16.5. The van der Waals surface area contributed by atoms with Crippen LogP contribution in [0.4, 0.5) is 0 Å². The quantitative estimate of drug-likeness (QED) is 0.507. The summed E-state index contributed by atoms with van der Waals surface area (Å²) in [4.78, 5) is 5.18. The Hall–Kier alpha value is 0.0100. The van der Waals surface area contributed by atoms with Crippen molar-refractivity contribution in [2.24, 2.45) is 17.8 Å². The van der Waals surface area contributed by atoms with Crippen molar-refractivity contribution in [1.29, 1.82) is 0 Å². The van der Waals surface area contributed by atoms with Crippen LogP contribution in [0.1, 0.15) is 59.3 Å². The molecule has 23 heavy (non-hydrogen) atoms. The molecule has 0 radical (unpaired) electrons. The number of rotatable bonds is 8. The summed E-state index contributed by atoms with van der Waals surface area (Å²) in [6, 6.07) is 0. The van der Waals surface area contributed by atoms with Gasteiger partial charge in [-0.25, -0.2) is 0 Å². The molecular weight excluding hydrogens is 300 g/mol. The van der Waals surface area contributed by atoms with E-state index in [9.17, 15) is 0 Å². The highest BCUT2D eigenvalue weighted by Crippen LogP contribution is 2.29. The van der Waals surface area contributed by atoms with Gasteiger partial charge >= 0.3 is 0 Å². The zero-order chi connectivity index (χ0) is 16.8. The summed E-state index contributed by atoms with van der Waals surface area (Å²) >= 11 is 4.57. The highest BCUT2D eigenvalue weighted by molar-refractivity contribution is 7.80. The van der Waals surface area contributed by atoms with E-state index >= 15 is 0 Å². The number of likely N-dealkylation sites (tertiary alicyclic amines) is 2. The fourth-order valence-corrected chi connectivity index (χ4v) is 4.21. The maximum absolute atomic E-state index is 4.57. The lowest BCUT2D eigenvalue weighted by atomic mass is 9.88. The smallest absolute Gasteiger partial charge is 0.0499 e. The van der Waals surface area contributed by atoms with Crippen LogP contribution in [0.5, 0.6) is 0 Å². The first-order valence-corrected chi connectivity index (χ1v) is 10.3. The molecule has 3 heteroatoms. The van der Waals surface area contributed by atoms with Crippen molar-refractivity contribution >= 4 is 12.6 Å². The van der Waals surface area contributed by atoms with Gasteiger partial charge in [0.2, 0.25) is 0 Å². The minimum Gasteiger partial charge on any atom is -0.303 e. The van der Waals surface area contributed by atoms with Crippen LogP contribution < -0.4 is 0 Å². The molecule has 0 aromatic heterocycles. The van der Waals surface area contributed by atoms with Gasteiger partial charge in [-0.1, -0.05) is 32.4 Å². The van der Waals surface area contributed by atoms with Crippen molar-refractivity contribution in [3.8, 4) is 0 Å². The topological polar surface area (TPSA) is 6.48 Å². The third kappa shape index (κ3) is 6.43. The molecule has 2 aliphatic heterocycles. The Balaban J connectivity index is 1.57. The molecule has 2 saturated heterocycles. The fraction of sp³-hybridized carbons (Fsp3) is 0.900. The van der Waals surface area contributed by atoms with Gasteiger partial charge in [-0.3, -0.25) is 4.90 Å². The van der Waals surface area contributed by atoms with E-state index in [2.05, 4.69) is 49.8 Å². The second kappa shape index (κ2) is 9.48. The summed E-state index contributed by atoms with van der Waals surface area (Å²) in [5.74, 6) is 2.54. The molecule has 0 amide bonds. The average molecular weight is 339 g/mol. The molecule has 2 aliphatic rings. The zero-order valence-electron chi connectivity index (χ0n) is 15.6. The van der Waals surface area contributed by atoms with Gasteiger partial charge < -0.3 is 4.90 Å². The lowest BCUT2D eigenvalue weighted by Gasteiger charge is -2.32.